The second-order valence-corrected chi connectivity index (χ2v) is 5.55. The molecule has 0 bridgehead atoms. The Hall–Kier alpha value is -0.770. The van der Waals surface area contributed by atoms with Crippen LogP contribution in [0.3, 0.4) is 0 Å². The molecule has 4 heteroatoms. The van der Waals surface area contributed by atoms with E-state index in [0.29, 0.717) is 0 Å². The van der Waals surface area contributed by atoms with E-state index in [0.717, 1.165) is 37.6 Å². The summed E-state index contributed by atoms with van der Waals surface area (Å²) in [5, 5.41) is 13.8. The lowest BCUT2D eigenvalue weighted by Gasteiger charge is -2.36. The highest BCUT2D eigenvalue weighted by atomic mass is 35.5. The normalized spacial score (nSPS) is 23.2. The summed E-state index contributed by atoms with van der Waals surface area (Å²) in [4.78, 5) is 2.36. The zero-order valence-corrected chi connectivity index (χ0v) is 11.2. The molecule has 0 saturated carbocycles. The Balaban J connectivity index is 2.08. The first-order chi connectivity index (χ1) is 8.81. The molecule has 0 aliphatic carbocycles. The van der Waals surface area contributed by atoms with E-state index in [2.05, 4.69) is 16.3 Å². The van der Waals surface area contributed by atoms with Crippen LogP contribution < -0.4 is 10.2 Å². The molecule has 0 spiro atoms. The van der Waals surface area contributed by atoms with Crippen LogP contribution in [0, 0.1) is 0 Å². The number of fused-ring (bicyclic) bond motifs is 1. The van der Waals surface area contributed by atoms with Gasteiger partial charge in [0.15, 0.2) is 0 Å². The molecule has 2 heterocycles. The number of anilines is 1. The molecular formula is C14H19ClN2O. The molecular weight excluding hydrogens is 248 g/mol. The second-order valence-electron chi connectivity index (χ2n) is 5.14. The lowest BCUT2D eigenvalue weighted by molar-refractivity contribution is 0.263. The molecule has 1 aromatic carbocycles. The minimum absolute atomic E-state index is 0.194. The lowest BCUT2D eigenvalue weighted by Crippen LogP contribution is -2.38. The zero-order valence-electron chi connectivity index (χ0n) is 10.5. The van der Waals surface area contributed by atoms with Crippen molar-refractivity contribution in [3.8, 4) is 0 Å². The van der Waals surface area contributed by atoms with E-state index >= 15 is 0 Å². The first kappa shape index (κ1) is 12.3. The average Bonchev–Trinajstić information content (AvgIpc) is 2.52. The van der Waals surface area contributed by atoms with Crippen molar-refractivity contribution in [3.63, 3.8) is 0 Å². The van der Waals surface area contributed by atoms with Crippen molar-refractivity contribution in [2.75, 3.05) is 37.7 Å². The van der Waals surface area contributed by atoms with Gasteiger partial charge >= 0.3 is 0 Å². The molecule has 0 radical (unpaired) electrons. The predicted molar refractivity (Wildman–Crippen MR) is 74.7 cm³/mol. The third-order valence-electron chi connectivity index (χ3n) is 4.04. The van der Waals surface area contributed by atoms with Crippen LogP contribution in [0.2, 0.25) is 5.02 Å². The van der Waals surface area contributed by atoms with E-state index in [9.17, 15) is 5.11 Å². The third-order valence-corrected chi connectivity index (χ3v) is 4.35. The average molecular weight is 267 g/mol. The van der Waals surface area contributed by atoms with Crippen LogP contribution in [-0.4, -0.2) is 37.9 Å². The largest absolute Gasteiger partial charge is 0.396 e. The number of aliphatic hydroxyl groups excluding tert-OH is 1. The van der Waals surface area contributed by atoms with Crippen LogP contribution in [-0.2, 0) is 6.42 Å². The predicted octanol–water partition coefficient (Wildman–Crippen LogP) is 1.77. The highest BCUT2D eigenvalue weighted by Gasteiger charge is 2.26. The first-order valence-electron chi connectivity index (χ1n) is 6.69. The summed E-state index contributed by atoms with van der Waals surface area (Å²) in [7, 11) is 0. The highest BCUT2D eigenvalue weighted by molar-refractivity contribution is 6.33. The molecule has 1 atom stereocenters. The quantitative estimate of drug-likeness (QED) is 0.857. The van der Waals surface area contributed by atoms with Gasteiger partial charge in [0.05, 0.1) is 17.3 Å². The molecule has 1 fully saturated rings. The van der Waals surface area contributed by atoms with Gasteiger partial charge in [-0.25, -0.2) is 0 Å². The number of benzene rings is 1. The lowest BCUT2D eigenvalue weighted by atomic mass is 9.92. The summed E-state index contributed by atoms with van der Waals surface area (Å²) in [6.07, 6.45) is 2.25. The van der Waals surface area contributed by atoms with Gasteiger partial charge < -0.3 is 15.3 Å². The van der Waals surface area contributed by atoms with Gasteiger partial charge in [-0.05, 0) is 36.6 Å². The van der Waals surface area contributed by atoms with Gasteiger partial charge in [-0.15, -0.1) is 0 Å². The Morgan fingerprint density at radius 1 is 1.39 bits per heavy atom. The van der Waals surface area contributed by atoms with Crippen LogP contribution in [0.25, 0.3) is 0 Å². The fraction of sp³-hybridized carbons (Fsp3) is 0.571. The van der Waals surface area contributed by atoms with Gasteiger partial charge in [0.25, 0.3) is 0 Å². The van der Waals surface area contributed by atoms with Crippen molar-refractivity contribution in [1.82, 2.24) is 5.32 Å². The Kier molecular flexibility index (Phi) is 3.46. The summed E-state index contributed by atoms with van der Waals surface area (Å²) in [6, 6.07) is 4.08. The van der Waals surface area contributed by atoms with Crippen molar-refractivity contribution in [3.05, 3.63) is 28.3 Å². The van der Waals surface area contributed by atoms with Crippen LogP contribution in [0.5, 0.6) is 0 Å². The number of rotatable bonds is 2. The highest BCUT2D eigenvalue weighted by Crippen LogP contribution is 2.38. The van der Waals surface area contributed by atoms with Gasteiger partial charge in [-0.2, -0.15) is 0 Å². The van der Waals surface area contributed by atoms with Gasteiger partial charge in [0, 0.05) is 25.6 Å². The molecule has 98 valence electrons. The van der Waals surface area contributed by atoms with Crippen LogP contribution >= 0.6 is 11.6 Å². The maximum absolute atomic E-state index is 9.55. The van der Waals surface area contributed by atoms with Crippen molar-refractivity contribution < 1.29 is 5.11 Å². The Bertz CT molecular complexity index is 446. The Labute approximate surface area is 113 Å². The van der Waals surface area contributed by atoms with Crippen LogP contribution in [0.15, 0.2) is 12.1 Å². The van der Waals surface area contributed by atoms with Crippen molar-refractivity contribution in [2.45, 2.75) is 18.8 Å². The van der Waals surface area contributed by atoms with Gasteiger partial charge in [-0.1, -0.05) is 17.7 Å². The smallest absolute Gasteiger partial charge is 0.0642 e. The third kappa shape index (κ3) is 2.00. The second kappa shape index (κ2) is 5.08. The van der Waals surface area contributed by atoms with Gasteiger partial charge in [0.1, 0.15) is 0 Å². The molecule has 3 rings (SSSR count). The summed E-state index contributed by atoms with van der Waals surface area (Å²) < 4.78 is 0. The van der Waals surface area contributed by atoms with Gasteiger partial charge in [-0.3, -0.25) is 0 Å². The molecule has 0 amide bonds. The van der Waals surface area contributed by atoms with E-state index in [1.54, 1.807) is 0 Å². The van der Waals surface area contributed by atoms with Crippen LogP contribution in [0.1, 0.15) is 23.5 Å². The number of hydrogen-bond acceptors (Lipinski definition) is 3. The van der Waals surface area contributed by atoms with Crippen molar-refractivity contribution in [2.24, 2.45) is 0 Å². The minimum atomic E-state index is 0.194. The summed E-state index contributed by atoms with van der Waals surface area (Å²) >= 11 is 6.39. The fourth-order valence-electron chi connectivity index (χ4n) is 2.91. The molecule has 3 nitrogen and oxygen atoms in total. The topological polar surface area (TPSA) is 35.5 Å². The minimum Gasteiger partial charge on any atom is -0.396 e. The molecule has 2 aliphatic rings. The summed E-state index contributed by atoms with van der Waals surface area (Å²) in [5.41, 5.74) is 3.82. The van der Waals surface area contributed by atoms with E-state index in [-0.39, 0.29) is 12.5 Å². The maximum Gasteiger partial charge on any atom is 0.0642 e. The molecule has 1 unspecified atom stereocenters. The number of hydrogen-bond donors (Lipinski definition) is 2. The zero-order chi connectivity index (χ0) is 12.5. The van der Waals surface area contributed by atoms with E-state index < -0.39 is 0 Å². The Morgan fingerprint density at radius 3 is 2.89 bits per heavy atom. The molecule has 1 saturated heterocycles. The van der Waals surface area contributed by atoms with E-state index in [1.807, 2.05) is 6.07 Å². The first-order valence-corrected chi connectivity index (χ1v) is 7.07. The monoisotopic (exact) mass is 266 g/mol. The number of aliphatic hydroxyl groups is 1. The number of halogens is 1. The van der Waals surface area contributed by atoms with E-state index in [4.69, 9.17) is 11.6 Å². The molecule has 2 N–H and O–H groups in total. The fourth-order valence-corrected chi connectivity index (χ4v) is 3.21. The number of nitrogens with zero attached hydrogens (tertiary/aromatic N) is 1. The summed E-state index contributed by atoms with van der Waals surface area (Å²) in [6.45, 7) is 4.22. The van der Waals surface area contributed by atoms with Crippen molar-refractivity contribution in [1.29, 1.82) is 0 Å². The molecule has 18 heavy (non-hydrogen) atoms. The molecule has 0 aromatic heterocycles. The SMILES string of the molecule is OCC1CNCCc2c1ccc(Cl)c2N1CCC1. The van der Waals surface area contributed by atoms with E-state index in [1.165, 1.54) is 23.2 Å². The number of nitrogens with one attached hydrogen (secondary N) is 1. The molecule has 2 aliphatic heterocycles. The van der Waals surface area contributed by atoms with Gasteiger partial charge in [0.2, 0.25) is 0 Å². The Morgan fingerprint density at radius 2 is 2.22 bits per heavy atom. The van der Waals surface area contributed by atoms with Crippen LogP contribution in [0.4, 0.5) is 5.69 Å². The summed E-state index contributed by atoms with van der Waals surface area (Å²) in [5.74, 6) is 0.194. The van der Waals surface area contributed by atoms with Crippen molar-refractivity contribution >= 4 is 17.3 Å². The maximum atomic E-state index is 9.55. The standard InChI is InChI=1S/C14H19ClN2O/c15-13-3-2-11-10(9-18)8-16-5-4-12(11)14(13)17-6-1-7-17/h2-3,10,16,18H,1,4-9H2. The molecule has 1 aromatic rings.